The van der Waals surface area contributed by atoms with Crippen molar-refractivity contribution in [3.05, 3.63) is 63.6 Å². The monoisotopic (exact) mass is 374 g/mol. The molecule has 23 heavy (non-hydrogen) atoms. The Kier molecular flexibility index (Phi) is 4.98. The minimum absolute atomic E-state index is 0.00222. The molecule has 0 atom stereocenters. The number of nitrogens with zero attached hydrogens (tertiary/aromatic N) is 1. The Bertz CT molecular complexity index is 718. The summed E-state index contributed by atoms with van der Waals surface area (Å²) in [4.78, 5) is 14.5. The summed E-state index contributed by atoms with van der Waals surface area (Å²) in [6, 6.07) is 13.4. The lowest BCUT2D eigenvalue weighted by atomic mass is 10.00. The van der Waals surface area contributed by atoms with Crippen molar-refractivity contribution >= 4 is 21.8 Å². The topological polar surface area (TPSA) is 52.6 Å². The van der Waals surface area contributed by atoms with Gasteiger partial charge in [0.1, 0.15) is 5.75 Å². The van der Waals surface area contributed by atoms with Gasteiger partial charge in [-0.15, -0.1) is 0 Å². The second-order valence-corrected chi connectivity index (χ2v) is 6.63. The van der Waals surface area contributed by atoms with Gasteiger partial charge in [-0.05, 0) is 35.7 Å². The minimum atomic E-state index is -0.249. The molecule has 1 heterocycles. The van der Waals surface area contributed by atoms with E-state index in [9.17, 15) is 9.90 Å². The lowest BCUT2D eigenvalue weighted by Crippen LogP contribution is -2.37. The van der Waals surface area contributed by atoms with Crippen LogP contribution in [0, 0.1) is 0 Å². The van der Waals surface area contributed by atoms with E-state index in [1.165, 1.54) is 17.2 Å². The summed E-state index contributed by atoms with van der Waals surface area (Å²) in [5, 5.41) is 12.6. The number of nitrogens with one attached hydrogen (secondary N) is 1. The van der Waals surface area contributed by atoms with Crippen molar-refractivity contribution in [3.63, 3.8) is 0 Å². The van der Waals surface area contributed by atoms with Gasteiger partial charge in [-0.2, -0.15) is 0 Å². The maximum Gasteiger partial charge on any atom is 0.255 e. The highest BCUT2D eigenvalue weighted by Gasteiger charge is 2.16. The standard InChI is InChI=1S/C18H19BrN2O2/c19-15-5-6-17(22)16(11-15)18(23)20-8-10-21-9-7-13-3-1-2-4-14(13)12-21/h1-6,11,22H,7-10,12H2,(H,20,23). The average Bonchev–Trinajstić information content (AvgIpc) is 2.57. The molecule has 0 fully saturated rings. The molecule has 2 aromatic carbocycles. The highest BCUT2D eigenvalue weighted by atomic mass is 79.9. The van der Waals surface area contributed by atoms with Crippen LogP contribution in [-0.4, -0.2) is 35.5 Å². The predicted octanol–water partition coefficient (Wildman–Crippen LogP) is 2.94. The molecule has 0 aromatic heterocycles. The van der Waals surface area contributed by atoms with Gasteiger partial charge in [0.15, 0.2) is 0 Å². The average molecular weight is 375 g/mol. The van der Waals surface area contributed by atoms with Crippen LogP contribution in [0.2, 0.25) is 0 Å². The first-order chi connectivity index (χ1) is 11.1. The van der Waals surface area contributed by atoms with E-state index < -0.39 is 0 Å². The van der Waals surface area contributed by atoms with E-state index >= 15 is 0 Å². The Labute approximate surface area is 144 Å². The van der Waals surface area contributed by atoms with E-state index in [0.29, 0.717) is 12.1 Å². The predicted molar refractivity (Wildman–Crippen MR) is 93.6 cm³/mol. The van der Waals surface area contributed by atoms with Crippen LogP contribution in [0.5, 0.6) is 5.75 Å². The molecule has 2 aromatic rings. The van der Waals surface area contributed by atoms with Crippen molar-refractivity contribution in [3.8, 4) is 5.75 Å². The summed E-state index contributed by atoms with van der Waals surface area (Å²) < 4.78 is 0.771. The van der Waals surface area contributed by atoms with Crippen LogP contribution in [0.3, 0.4) is 0 Å². The van der Waals surface area contributed by atoms with Crippen molar-refractivity contribution < 1.29 is 9.90 Å². The summed E-state index contributed by atoms with van der Waals surface area (Å²) >= 11 is 3.31. The number of hydrogen-bond acceptors (Lipinski definition) is 3. The maximum atomic E-state index is 12.1. The molecular formula is C18H19BrN2O2. The van der Waals surface area contributed by atoms with Gasteiger partial charge in [-0.3, -0.25) is 9.69 Å². The lowest BCUT2D eigenvalue weighted by Gasteiger charge is -2.28. The van der Waals surface area contributed by atoms with Crippen LogP contribution >= 0.6 is 15.9 Å². The second-order valence-electron chi connectivity index (χ2n) is 5.71. The second kappa shape index (κ2) is 7.15. The number of phenolic OH excluding ortho intramolecular Hbond substituents is 1. The van der Waals surface area contributed by atoms with E-state index in [0.717, 1.165) is 30.5 Å². The van der Waals surface area contributed by atoms with Crippen LogP contribution in [0.1, 0.15) is 21.5 Å². The molecule has 0 aliphatic carbocycles. The van der Waals surface area contributed by atoms with E-state index in [1.54, 1.807) is 12.1 Å². The third-order valence-corrected chi connectivity index (χ3v) is 4.62. The number of halogens is 1. The molecule has 1 aliphatic heterocycles. The molecule has 120 valence electrons. The van der Waals surface area contributed by atoms with Crippen LogP contribution in [-0.2, 0) is 13.0 Å². The molecule has 5 heteroatoms. The number of phenols is 1. The molecule has 0 spiro atoms. The zero-order valence-electron chi connectivity index (χ0n) is 12.8. The molecule has 0 unspecified atom stereocenters. The van der Waals surface area contributed by atoms with Gasteiger partial charge in [-0.1, -0.05) is 40.2 Å². The largest absolute Gasteiger partial charge is 0.507 e. The number of amides is 1. The van der Waals surface area contributed by atoms with Crippen molar-refractivity contribution in [2.45, 2.75) is 13.0 Å². The summed E-state index contributed by atoms with van der Waals surface area (Å²) in [6.45, 7) is 3.30. The van der Waals surface area contributed by atoms with Crippen LogP contribution in [0.15, 0.2) is 46.9 Å². The van der Waals surface area contributed by atoms with E-state index in [2.05, 4.69) is 50.4 Å². The summed E-state index contributed by atoms with van der Waals surface area (Å²) in [6.07, 6.45) is 1.05. The third-order valence-electron chi connectivity index (χ3n) is 4.13. The van der Waals surface area contributed by atoms with Crippen molar-refractivity contribution in [2.75, 3.05) is 19.6 Å². The van der Waals surface area contributed by atoms with Crippen molar-refractivity contribution in [2.24, 2.45) is 0 Å². The van der Waals surface area contributed by atoms with Crippen LogP contribution < -0.4 is 5.32 Å². The quantitative estimate of drug-likeness (QED) is 0.864. The molecule has 0 saturated carbocycles. The zero-order valence-corrected chi connectivity index (χ0v) is 14.3. The van der Waals surface area contributed by atoms with E-state index in [4.69, 9.17) is 0 Å². The molecule has 0 radical (unpaired) electrons. The number of hydrogen-bond donors (Lipinski definition) is 2. The lowest BCUT2D eigenvalue weighted by molar-refractivity contribution is 0.0944. The first-order valence-electron chi connectivity index (χ1n) is 7.69. The molecule has 3 rings (SSSR count). The van der Waals surface area contributed by atoms with Gasteiger partial charge in [0.2, 0.25) is 0 Å². The summed E-state index contributed by atoms with van der Waals surface area (Å²) in [5.74, 6) is -0.251. The fourth-order valence-corrected chi connectivity index (χ4v) is 3.22. The zero-order chi connectivity index (χ0) is 16.2. The highest BCUT2D eigenvalue weighted by Crippen LogP contribution is 2.21. The Morgan fingerprint density at radius 1 is 1.22 bits per heavy atom. The molecule has 0 bridgehead atoms. The molecular weight excluding hydrogens is 356 g/mol. The summed E-state index contributed by atoms with van der Waals surface area (Å²) in [5.41, 5.74) is 3.09. The molecule has 1 amide bonds. The van der Waals surface area contributed by atoms with Gasteiger partial charge in [0.25, 0.3) is 5.91 Å². The Morgan fingerprint density at radius 3 is 2.83 bits per heavy atom. The van der Waals surface area contributed by atoms with Crippen LogP contribution in [0.4, 0.5) is 0 Å². The number of aromatic hydroxyl groups is 1. The van der Waals surface area contributed by atoms with Crippen molar-refractivity contribution in [1.29, 1.82) is 0 Å². The van der Waals surface area contributed by atoms with E-state index in [-0.39, 0.29) is 11.7 Å². The molecule has 2 N–H and O–H groups in total. The number of carbonyl (C=O) groups excluding carboxylic acids is 1. The summed E-state index contributed by atoms with van der Waals surface area (Å²) in [7, 11) is 0. The normalized spacial score (nSPS) is 14.3. The fraction of sp³-hybridized carbons (Fsp3) is 0.278. The number of benzene rings is 2. The number of carbonyl (C=O) groups is 1. The van der Waals surface area contributed by atoms with Gasteiger partial charge in [-0.25, -0.2) is 0 Å². The molecule has 0 saturated heterocycles. The Balaban J connectivity index is 1.52. The van der Waals surface area contributed by atoms with Gasteiger partial charge >= 0.3 is 0 Å². The molecule has 4 nitrogen and oxygen atoms in total. The third kappa shape index (κ3) is 3.92. The van der Waals surface area contributed by atoms with E-state index in [1.807, 2.05) is 0 Å². The SMILES string of the molecule is O=C(NCCN1CCc2ccccc2C1)c1cc(Br)ccc1O. The maximum absolute atomic E-state index is 12.1. The smallest absolute Gasteiger partial charge is 0.255 e. The van der Waals surface area contributed by atoms with Gasteiger partial charge in [0.05, 0.1) is 5.56 Å². The fourth-order valence-electron chi connectivity index (χ4n) is 2.86. The van der Waals surface area contributed by atoms with Crippen molar-refractivity contribution in [1.82, 2.24) is 10.2 Å². The Morgan fingerprint density at radius 2 is 2.00 bits per heavy atom. The first kappa shape index (κ1) is 16.0. The minimum Gasteiger partial charge on any atom is -0.507 e. The van der Waals surface area contributed by atoms with Gasteiger partial charge in [0, 0.05) is 30.7 Å². The first-order valence-corrected chi connectivity index (χ1v) is 8.48. The number of fused-ring (bicyclic) bond motifs is 1. The Hall–Kier alpha value is -1.85. The highest BCUT2D eigenvalue weighted by molar-refractivity contribution is 9.10. The number of rotatable bonds is 4. The van der Waals surface area contributed by atoms with Gasteiger partial charge < -0.3 is 10.4 Å². The van der Waals surface area contributed by atoms with Crippen LogP contribution in [0.25, 0.3) is 0 Å². The molecule has 1 aliphatic rings.